The zero-order valence-corrected chi connectivity index (χ0v) is 17.3. The highest BCUT2D eigenvalue weighted by atomic mass is 35.5. The monoisotopic (exact) mass is 400 g/mol. The summed E-state index contributed by atoms with van der Waals surface area (Å²) < 4.78 is 12.1. The van der Waals surface area contributed by atoms with Crippen LogP contribution in [0.5, 0.6) is 11.5 Å². The lowest BCUT2D eigenvalue weighted by molar-refractivity contribution is 0.0718. The molecule has 0 radical (unpaired) electrons. The molecule has 0 spiro atoms. The van der Waals surface area contributed by atoms with Gasteiger partial charge in [-0.2, -0.15) is 0 Å². The van der Waals surface area contributed by atoms with Crippen LogP contribution >= 0.6 is 11.6 Å². The molecule has 1 atom stereocenters. The summed E-state index contributed by atoms with van der Waals surface area (Å²) in [5, 5.41) is 4.53. The molecule has 1 N–H and O–H groups in total. The van der Waals surface area contributed by atoms with Crippen LogP contribution < -0.4 is 14.8 Å². The summed E-state index contributed by atoms with van der Waals surface area (Å²) in [5.41, 5.74) is 2.24. The van der Waals surface area contributed by atoms with Gasteiger partial charge in [-0.05, 0) is 62.5 Å². The molecule has 3 aliphatic heterocycles. The van der Waals surface area contributed by atoms with Crippen molar-refractivity contribution >= 4 is 11.6 Å². The Morgan fingerprint density at radius 1 is 1.07 bits per heavy atom. The van der Waals surface area contributed by atoms with Crippen LogP contribution in [0.2, 0.25) is 5.02 Å². The molecule has 4 nitrogen and oxygen atoms in total. The molecule has 0 aliphatic carbocycles. The molecular weight excluding hydrogens is 372 g/mol. The van der Waals surface area contributed by atoms with Crippen LogP contribution in [0.3, 0.4) is 0 Å². The van der Waals surface area contributed by atoms with E-state index >= 15 is 0 Å². The second kappa shape index (κ2) is 9.17. The van der Waals surface area contributed by atoms with Gasteiger partial charge in [0.05, 0.1) is 6.61 Å². The van der Waals surface area contributed by atoms with Gasteiger partial charge in [0.25, 0.3) is 0 Å². The van der Waals surface area contributed by atoms with Gasteiger partial charge in [-0.15, -0.1) is 0 Å². The van der Waals surface area contributed by atoms with E-state index in [0.717, 1.165) is 46.7 Å². The summed E-state index contributed by atoms with van der Waals surface area (Å²) in [6, 6.07) is 14.5. The van der Waals surface area contributed by atoms with Crippen LogP contribution in [0.4, 0.5) is 0 Å². The molecule has 3 aliphatic rings. The lowest BCUT2D eigenvalue weighted by Crippen LogP contribution is -2.55. The number of fused-ring (bicyclic) bond motifs is 3. The second-order valence-electron chi connectivity index (χ2n) is 7.72. The maximum atomic E-state index is 6.23. The average molecular weight is 401 g/mol. The Kier molecular flexibility index (Phi) is 6.40. The van der Waals surface area contributed by atoms with Crippen molar-refractivity contribution in [2.75, 3.05) is 26.2 Å². The highest BCUT2D eigenvalue weighted by molar-refractivity contribution is 6.30. The molecule has 1 unspecified atom stereocenters. The van der Waals surface area contributed by atoms with Crippen LogP contribution in [0.25, 0.3) is 0 Å². The molecule has 2 aromatic rings. The quantitative estimate of drug-likeness (QED) is 0.707. The number of rotatable bonds is 8. The van der Waals surface area contributed by atoms with Crippen LogP contribution in [0.1, 0.15) is 30.9 Å². The lowest BCUT2D eigenvalue weighted by Gasteiger charge is -2.45. The van der Waals surface area contributed by atoms with Gasteiger partial charge in [-0.25, -0.2) is 0 Å². The number of hydrogen-bond acceptors (Lipinski definition) is 4. The van der Waals surface area contributed by atoms with Gasteiger partial charge in [0.1, 0.15) is 6.61 Å². The van der Waals surface area contributed by atoms with Crippen molar-refractivity contribution in [3.05, 3.63) is 58.6 Å². The van der Waals surface area contributed by atoms with Crippen molar-refractivity contribution in [2.24, 2.45) is 5.92 Å². The number of ether oxygens (including phenoxy) is 2. The average Bonchev–Trinajstić information content (AvgIpc) is 2.74. The van der Waals surface area contributed by atoms with E-state index < -0.39 is 0 Å². The third-order valence-corrected chi connectivity index (χ3v) is 6.12. The molecular formula is C23H29ClN2O2. The van der Waals surface area contributed by atoms with Crippen LogP contribution in [0.15, 0.2) is 42.5 Å². The van der Waals surface area contributed by atoms with E-state index in [4.69, 9.17) is 21.1 Å². The number of nitrogens with zero attached hydrogens (tertiary/aromatic N) is 1. The van der Waals surface area contributed by atoms with Crippen molar-refractivity contribution in [3.63, 3.8) is 0 Å². The van der Waals surface area contributed by atoms with E-state index in [-0.39, 0.29) is 0 Å². The predicted molar refractivity (Wildman–Crippen MR) is 113 cm³/mol. The summed E-state index contributed by atoms with van der Waals surface area (Å²) in [4.78, 5) is 2.58. The normalized spacial score (nSPS) is 23.6. The van der Waals surface area contributed by atoms with Gasteiger partial charge >= 0.3 is 0 Å². The van der Waals surface area contributed by atoms with Gasteiger partial charge in [0.15, 0.2) is 11.5 Å². The van der Waals surface area contributed by atoms with E-state index in [1.54, 1.807) is 0 Å². The van der Waals surface area contributed by atoms with E-state index in [2.05, 4.69) is 16.3 Å². The first-order chi connectivity index (χ1) is 13.7. The Morgan fingerprint density at radius 3 is 2.54 bits per heavy atom. The summed E-state index contributed by atoms with van der Waals surface area (Å²) in [6.07, 6.45) is 2.63. The van der Waals surface area contributed by atoms with Crippen molar-refractivity contribution in [1.82, 2.24) is 10.2 Å². The number of piperidine rings is 3. The molecule has 5 rings (SSSR count). The first kappa shape index (κ1) is 19.6. The highest BCUT2D eigenvalue weighted by Crippen LogP contribution is 2.33. The van der Waals surface area contributed by atoms with Gasteiger partial charge in [-0.1, -0.05) is 35.9 Å². The predicted octanol–water partition coefficient (Wildman–Crippen LogP) is 4.50. The molecule has 150 valence electrons. The molecule has 0 saturated carbocycles. The van der Waals surface area contributed by atoms with E-state index in [9.17, 15) is 0 Å². The van der Waals surface area contributed by atoms with Gasteiger partial charge in [-0.3, -0.25) is 0 Å². The summed E-state index contributed by atoms with van der Waals surface area (Å²) in [7, 11) is 0. The van der Waals surface area contributed by atoms with Gasteiger partial charge < -0.3 is 19.7 Å². The molecule has 3 fully saturated rings. The Balaban J connectivity index is 1.46. The van der Waals surface area contributed by atoms with Crippen LogP contribution in [-0.4, -0.2) is 37.2 Å². The molecule has 2 bridgehead atoms. The molecule has 5 heteroatoms. The third-order valence-electron chi connectivity index (χ3n) is 5.87. The van der Waals surface area contributed by atoms with E-state index in [1.807, 2.05) is 43.3 Å². The molecule has 3 saturated heterocycles. The zero-order chi connectivity index (χ0) is 19.3. The topological polar surface area (TPSA) is 33.7 Å². The van der Waals surface area contributed by atoms with Crippen LogP contribution in [-0.2, 0) is 13.2 Å². The minimum Gasteiger partial charge on any atom is -0.490 e. The Morgan fingerprint density at radius 2 is 1.86 bits per heavy atom. The summed E-state index contributed by atoms with van der Waals surface area (Å²) in [6.45, 7) is 7.60. The number of para-hydroxylation sites is 1. The van der Waals surface area contributed by atoms with Crippen molar-refractivity contribution in [2.45, 2.75) is 39.0 Å². The number of hydrogen-bond donors (Lipinski definition) is 1. The maximum absolute atomic E-state index is 6.23. The fourth-order valence-corrected chi connectivity index (χ4v) is 4.43. The van der Waals surface area contributed by atoms with Gasteiger partial charge in [0.2, 0.25) is 0 Å². The summed E-state index contributed by atoms with van der Waals surface area (Å²) in [5.74, 6) is 2.45. The fourth-order valence-electron chi connectivity index (χ4n) is 4.31. The minimum atomic E-state index is 0.494. The molecule has 28 heavy (non-hydrogen) atoms. The standard InChI is InChI=1S/C23H29ClN2O2/c1-2-27-22-5-3-4-19(14-25-21-15-26-12-10-18(21)11-13-26)23(22)28-16-17-6-8-20(24)9-7-17/h3-9,18,21,25H,2,10-16H2,1H3. The number of halogens is 1. The fraction of sp³-hybridized carbons (Fsp3) is 0.478. The zero-order valence-electron chi connectivity index (χ0n) is 16.5. The number of benzene rings is 2. The molecule has 2 aromatic carbocycles. The molecule has 0 aromatic heterocycles. The Bertz CT molecular complexity index is 773. The highest BCUT2D eigenvalue weighted by Gasteiger charge is 2.33. The van der Waals surface area contributed by atoms with E-state index in [0.29, 0.717) is 19.3 Å². The smallest absolute Gasteiger partial charge is 0.166 e. The van der Waals surface area contributed by atoms with Crippen molar-refractivity contribution in [3.8, 4) is 11.5 Å². The molecule has 3 heterocycles. The van der Waals surface area contributed by atoms with Crippen molar-refractivity contribution < 1.29 is 9.47 Å². The number of nitrogens with one attached hydrogen (secondary N) is 1. The second-order valence-corrected chi connectivity index (χ2v) is 8.15. The van der Waals surface area contributed by atoms with Crippen LogP contribution in [0, 0.1) is 5.92 Å². The molecule has 0 amide bonds. The minimum absolute atomic E-state index is 0.494. The lowest BCUT2D eigenvalue weighted by atomic mass is 9.84. The Labute approximate surface area is 172 Å². The SMILES string of the molecule is CCOc1cccc(CNC2CN3CCC2CC3)c1OCc1ccc(Cl)cc1. The van der Waals surface area contributed by atoms with Crippen molar-refractivity contribution in [1.29, 1.82) is 0 Å². The maximum Gasteiger partial charge on any atom is 0.166 e. The first-order valence-electron chi connectivity index (χ1n) is 10.3. The van der Waals surface area contributed by atoms with Gasteiger partial charge in [0, 0.05) is 29.7 Å². The Hall–Kier alpha value is -1.75. The first-order valence-corrected chi connectivity index (χ1v) is 10.7. The van der Waals surface area contributed by atoms with E-state index in [1.165, 1.54) is 25.9 Å². The largest absolute Gasteiger partial charge is 0.490 e. The third kappa shape index (κ3) is 4.62. The summed E-state index contributed by atoms with van der Waals surface area (Å²) >= 11 is 5.99.